The Labute approximate surface area is 145 Å². The predicted molar refractivity (Wildman–Crippen MR) is 88.7 cm³/mol. The Balaban J connectivity index is 1.57. The fourth-order valence-electron chi connectivity index (χ4n) is 3.58. The molecule has 3 fully saturated rings. The third-order valence-electron chi connectivity index (χ3n) is 4.92. The van der Waals surface area contributed by atoms with Crippen molar-refractivity contribution >= 4 is 0 Å². The number of fused-ring (bicyclic) bond motifs is 3. The van der Waals surface area contributed by atoms with Crippen LogP contribution in [-0.4, -0.2) is 19.8 Å². The van der Waals surface area contributed by atoms with Gasteiger partial charge in [0, 0.05) is 17.0 Å². The molecular formula is C20H20F2O3. The summed E-state index contributed by atoms with van der Waals surface area (Å²) in [4.78, 5) is 0. The summed E-state index contributed by atoms with van der Waals surface area (Å²) in [6.45, 7) is 3.96. The Morgan fingerprint density at radius 2 is 1.40 bits per heavy atom. The van der Waals surface area contributed by atoms with E-state index in [0.29, 0.717) is 30.9 Å². The lowest BCUT2D eigenvalue weighted by Gasteiger charge is -2.51. The normalized spacial score (nSPS) is 28.3. The lowest BCUT2D eigenvalue weighted by Crippen LogP contribution is -2.58. The van der Waals surface area contributed by atoms with Gasteiger partial charge < -0.3 is 14.2 Å². The first kappa shape index (κ1) is 16.6. The maximum atomic E-state index is 13.4. The molecule has 0 spiro atoms. The Morgan fingerprint density at radius 1 is 0.840 bits per heavy atom. The Hall–Kier alpha value is -1.82. The molecule has 0 N–H and O–H groups in total. The quantitative estimate of drug-likeness (QED) is 0.809. The maximum absolute atomic E-state index is 13.4. The first-order chi connectivity index (χ1) is 12.0. The van der Waals surface area contributed by atoms with Crippen LogP contribution in [0.4, 0.5) is 8.78 Å². The number of halogens is 2. The molecule has 3 aliphatic heterocycles. The zero-order chi connectivity index (χ0) is 17.5. The van der Waals surface area contributed by atoms with Gasteiger partial charge in [0.2, 0.25) is 0 Å². The molecule has 3 heterocycles. The highest BCUT2D eigenvalue weighted by molar-refractivity contribution is 5.63. The molecule has 25 heavy (non-hydrogen) atoms. The highest BCUT2D eigenvalue weighted by Crippen LogP contribution is 2.46. The van der Waals surface area contributed by atoms with Crippen molar-refractivity contribution in [3.05, 3.63) is 59.7 Å². The molecule has 0 aromatic heterocycles. The standard InChI is InChI=1S/C20H20F2O3/c1-2-7-19-11-23-20(24-12-19,25-13-19)16-5-3-14(4-6-16)15-8-17(21)10-18(22)9-15/h3-6,8-10H,2,7,11-13H2,1H3. The highest BCUT2D eigenvalue weighted by atomic mass is 19.1. The fraction of sp³-hybridized carbons (Fsp3) is 0.400. The van der Waals surface area contributed by atoms with E-state index >= 15 is 0 Å². The summed E-state index contributed by atoms with van der Waals surface area (Å²) in [6, 6.07) is 10.7. The summed E-state index contributed by atoms with van der Waals surface area (Å²) in [5.41, 5.74) is 1.90. The molecule has 3 aliphatic rings. The fourth-order valence-corrected chi connectivity index (χ4v) is 3.58. The van der Waals surface area contributed by atoms with E-state index in [-0.39, 0.29) is 5.41 Å². The summed E-state index contributed by atoms with van der Waals surface area (Å²) < 4.78 is 44.6. The summed E-state index contributed by atoms with van der Waals surface area (Å²) in [7, 11) is 0. The minimum absolute atomic E-state index is 0.0461. The second kappa shape index (κ2) is 6.16. The average Bonchev–Trinajstić information content (AvgIpc) is 2.63. The minimum Gasteiger partial charge on any atom is -0.323 e. The molecule has 0 saturated carbocycles. The Morgan fingerprint density at radius 3 is 1.92 bits per heavy atom. The van der Waals surface area contributed by atoms with Gasteiger partial charge in [-0.1, -0.05) is 37.6 Å². The van der Waals surface area contributed by atoms with Gasteiger partial charge >= 0.3 is 5.97 Å². The molecule has 0 unspecified atom stereocenters. The van der Waals surface area contributed by atoms with E-state index in [0.717, 1.165) is 24.5 Å². The van der Waals surface area contributed by atoms with Crippen molar-refractivity contribution in [2.24, 2.45) is 5.41 Å². The van der Waals surface area contributed by atoms with Crippen LogP contribution >= 0.6 is 0 Å². The molecule has 0 atom stereocenters. The number of hydrogen-bond donors (Lipinski definition) is 0. The van der Waals surface area contributed by atoms with Crippen LogP contribution in [0.15, 0.2) is 42.5 Å². The highest BCUT2D eigenvalue weighted by Gasteiger charge is 2.53. The molecule has 0 radical (unpaired) electrons. The van der Waals surface area contributed by atoms with E-state index in [1.165, 1.54) is 12.1 Å². The summed E-state index contributed by atoms with van der Waals surface area (Å²) in [5.74, 6) is -2.36. The third kappa shape index (κ3) is 2.97. The van der Waals surface area contributed by atoms with Crippen LogP contribution in [-0.2, 0) is 20.2 Å². The van der Waals surface area contributed by atoms with E-state index in [9.17, 15) is 8.78 Å². The third-order valence-corrected chi connectivity index (χ3v) is 4.92. The van der Waals surface area contributed by atoms with Gasteiger partial charge in [0.25, 0.3) is 0 Å². The van der Waals surface area contributed by atoms with Crippen LogP contribution in [0.5, 0.6) is 0 Å². The summed E-state index contributed by atoms with van der Waals surface area (Å²) >= 11 is 0. The zero-order valence-corrected chi connectivity index (χ0v) is 14.1. The van der Waals surface area contributed by atoms with Gasteiger partial charge in [-0.05, 0) is 29.7 Å². The SMILES string of the molecule is CCCC12COC(c3ccc(-c4cc(F)cc(F)c4)cc3)(OC1)OC2. The van der Waals surface area contributed by atoms with Crippen molar-refractivity contribution in [2.75, 3.05) is 19.8 Å². The maximum Gasteiger partial charge on any atom is 0.312 e. The molecule has 3 nitrogen and oxygen atoms in total. The number of benzene rings is 2. The molecule has 2 bridgehead atoms. The van der Waals surface area contributed by atoms with E-state index in [4.69, 9.17) is 14.2 Å². The van der Waals surface area contributed by atoms with Crippen molar-refractivity contribution in [2.45, 2.75) is 25.7 Å². The lowest BCUT2D eigenvalue weighted by atomic mass is 9.83. The van der Waals surface area contributed by atoms with E-state index in [1.54, 1.807) is 12.1 Å². The molecule has 2 aromatic rings. The molecular weight excluding hydrogens is 326 g/mol. The van der Waals surface area contributed by atoms with E-state index < -0.39 is 17.6 Å². The zero-order valence-electron chi connectivity index (χ0n) is 14.1. The van der Waals surface area contributed by atoms with Gasteiger partial charge in [0.15, 0.2) is 0 Å². The van der Waals surface area contributed by atoms with Crippen molar-refractivity contribution in [3.8, 4) is 11.1 Å². The topological polar surface area (TPSA) is 27.7 Å². The first-order valence-corrected chi connectivity index (χ1v) is 8.53. The minimum atomic E-state index is -1.17. The van der Waals surface area contributed by atoms with Crippen LogP contribution in [0.1, 0.15) is 25.3 Å². The van der Waals surface area contributed by atoms with Crippen LogP contribution in [0.2, 0.25) is 0 Å². The van der Waals surface area contributed by atoms with Crippen molar-refractivity contribution in [1.29, 1.82) is 0 Å². The van der Waals surface area contributed by atoms with Crippen molar-refractivity contribution < 1.29 is 23.0 Å². The molecule has 3 saturated heterocycles. The largest absolute Gasteiger partial charge is 0.323 e. The molecule has 0 aliphatic carbocycles. The second-order valence-corrected chi connectivity index (χ2v) is 6.91. The van der Waals surface area contributed by atoms with Gasteiger partial charge in [-0.2, -0.15) is 0 Å². The molecule has 5 heteroatoms. The second-order valence-electron chi connectivity index (χ2n) is 6.91. The van der Waals surface area contributed by atoms with Crippen LogP contribution in [0, 0.1) is 17.0 Å². The molecule has 0 amide bonds. The summed E-state index contributed by atoms with van der Waals surface area (Å²) in [5, 5.41) is 0. The lowest BCUT2D eigenvalue weighted by molar-refractivity contribution is -0.480. The number of rotatable bonds is 4. The molecule has 5 rings (SSSR count). The van der Waals surface area contributed by atoms with Gasteiger partial charge in [-0.15, -0.1) is 0 Å². The monoisotopic (exact) mass is 346 g/mol. The number of ether oxygens (including phenoxy) is 3. The summed E-state index contributed by atoms with van der Waals surface area (Å²) in [6.07, 6.45) is 2.06. The van der Waals surface area contributed by atoms with E-state index in [1.807, 2.05) is 12.1 Å². The van der Waals surface area contributed by atoms with E-state index in [2.05, 4.69) is 6.92 Å². The average molecular weight is 346 g/mol. The predicted octanol–water partition coefficient (Wildman–Crippen LogP) is 4.61. The van der Waals surface area contributed by atoms with Gasteiger partial charge in [-0.25, -0.2) is 8.78 Å². The van der Waals surface area contributed by atoms with Gasteiger partial charge in [0.1, 0.15) is 11.6 Å². The van der Waals surface area contributed by atoms with Gasteiger partial charge in [-0.3, -0.25) is 0 Å². The van der Waals surface area contributed by atoms with Crippen LogP contribution in [0.3, 0.4) is 0 Å². The van der Waals surface area contributed by atoms with Gasteiger partial charge in [0.05, 0.1) is 19.8 Å². The Bertz CT molecular complexity index is 728. The molecule has 2 aromatic carbocycles. The van der Waals surface area contributed by atoms with Crippen molar-refractivity contribution in [1.82, 2.24) is 0 Å². The smallest absolute Gasteiger partial charge is 0.312 e. The van der Waals surface area contributed by atoms with Crippen LogP contribution < -0.4 is 0 Å². The first-order valence-electron chi connectivity index (χ1n) is 8.53. The Kier molecular flexibility index (Phi) is 4.10. The van der Waals surface area contributed by atoms with Crippen LogP contribution in [0.25, 0.3) is 11.1 Å². The molecule has 132 valence electrons. The number of hydrogen-bond acceptors (Lipinski definition) is 3. The van der Waals surface area contributed by atoms with Crippen molar-refractivity contribution in [3.63, 3.8) is 0 Å².